The van der Waals surface area contributed by atoms with Crippen LogP contribution >= 0.6 is 27.3 Å². The molecule has 24 heavy (non-hydrogen) atoms. The third kappa shape index (κ3) is 3.96. The van der Waals surface area contributed by atoms with Gasteiger partial charge < -0.3 is 0 Å². The molecule has 1 amide bonds. The van der Waals surface area contributed by atoms with Crippen LogP contribution in [-0.4, -0.2) is 17.1 Å². The van der Waals surface area contributed by atoms with Gasteiger partial charge in [-0.15, -0.1) is 11.3 Å². The number of nitrogens with zero attached hydrogens (tertiary/aromatic N) is 2. The van der Waals surface area contributed by atoms with E-state index in [-0.39, 0.29) is 5.91 Å². The lowest BCUT2D eigenvalue weighted by molar-refractivity contribution is 0.0950. The lowest BCUT2D eigenvalue weighted by atomic mass is 10.2. The van der Waals surface area contributed by atoms with Crippen LogP contribution in [0.5, 0.6) is 0 Å². The number of carbonyl (C=O) groups excluding carboxylic acids is 1. The van der Waals surface area contributed by atoms with Gasteiger partial charge in [-0.2, -0.15) is 5.10 Å². The molecule has 1 aromatic heterocycles. The predicted octanol–water partition coefficient (Wildman–Crippen LogP) is 4.64. The normalized spacial score (nSPS) is 10.9. The molecular weight excluding hydrogens is 386 g/mol. The van der Waals surface area contributed by atoms with E-state index in [2.05, 4.69) is 31.4 Å². The van der Waals surface area contributed by atoms with Crippen molar-refractivity contribution in [1.82, 2.24) is 10.4 Å². The summed E-state index contributed by atoms with van der Waals surface area (Å²) in [4.78, 5) is 17.6. The number of nitrogens with one attached hydrogen (secondary N) is 1. The Bertz CT molecular complexity index is 890. The number of halogens is 1. The molecule has 0 unspecified atom stereocenters. The van der Waals surface area contributed by atoms with E-state index in [0.29, 0.717) is 5.69 Å². The Labute approximate surface area is 152 Å². The Morgan fingerprint density at radius 1 is 1.21 bits per heavy atom. The van der Waals surface area contributed by atoms with Crippen LogP contribution in [0.3, 0.4) is 0 Å². The molecule has 0 fully saturated rings. The minimum Gasteiger partial charge on any atom is -0.266 e. The first kappa shape index (κ1) is 16.5. The highest BCUT2D eigenvalue weighted by atomic mass is 79.9. The van der Waals surface area contributed by atoms with Crippen LogP contribution in [0.2, 0.25) is 0 Å². The number of hydrazone groups is 1. The molecule has 0 aliphatic heterocycles. The molecule has 0 atom stereocenters. The fourth-order valence-corrected chi connectivity index (χ4v) is 3.45. The van der Waals surface area contributed by atoms with Gasteiger partial charge >= 0.3 is 0 Å². The summed E-state index contributed by atoms with van der Waals surface area (Å²) in [6, 6.07) is 17.5. The predicted molar refractivity (Wildman–Crippen MR) is 101 cm³/mol. The van der Waals surface area contributed by atoms with Crippen molar-refractivity contribution in [2.24, 2.45) is 5.10 Å². The summed E-state index contributed by atoms with van der Waals surface area (Å²) in [6.07, 6.45) is 1.60. The van der Waals surface area contributed by atoms with Crippen molar-refractivity contribution in [3.8, 4) is 10.6 Å². The molecule has 0 aliphatic rings. The maximum Gasteiger partial charge on any atom is 0.291 e. The maximum absolute atomic E-state index is 12.3. The Morgan fingerprint density at radius 3 is 2.75 bits per heavy atom. The van der Waals surface area contributed by atoms with Gasteiger partial charge in [0, 0.05) is 14.9 Å². The second-order valence-corrected chi connectivity index (χ2v) is 7.16. The zero-order valence-electron chi connectivity index (χ0n) is 12.9. The van der Waals surface area contributed by atoms with Crippen LogP contribution in [0, 0.1) is 6.92 Å². The van der Waals surface area contributed by atoms with Crippen molar-refractivity contribution < 1.29 is 4.79 Å². The van der Waals surface area contributed by atoms with Crippen molar-refractivity contribution in [2.45, 2.75) is 6.92 Å². The number of amides is 1. The molecule has 0 saturated heterocycles. The zero-order valence-corrected chi connectivity index (χ0v) is 15.3. The molecule has 1 N–H and O–H groups in total. The summed E-state index contributed by atoms with van der Waals surface area (Å²) in [5.41, 5.74) is 4.83. The summed E-state index contributed by atoms with van der Waals surface area (Å²) >= 11 is 4.89. The number of rotatable bonds is 4. The fraction of sp³-hybridized carbons (Fsp3) is 0.0556. The summed E-state index contributed by atoms with van der Waals surface area (Å²) in [5.74, 6) is -0.308. The lowest BCUT2D eigenvalue weighted by Crippen LogP contribution is -2.18. The number of benzene rings is 2. The zero-order chi connectivity index (χ0) is 16.9. The summed E-state index contributed by atoms with van der Waals surface area (Å²) in [6.45, 7) is 1.89. The van der Waals surface area contributed by atoms with Crippen molar-refractivity contribution >= 4 is 39.4 Å². The first-order valence-corrected chi connectivity index (χ1v) is 8.86. The largest absolute Gasteiger partial charge is 0.291 e. The fourth-order valence-electron chi connectivity index (χ4n) is 2.12. The molecule has 0 spiro atoms. The summed E-state index contributed by atoms with van der Waals surface area (Å²) < 4.78 is 0.959. The average Bonchev–Trinajstić information content (AvgIpc) is 2.98. The smallest absolute Gasteiger partial charge is 0.266 e. The number of carbonyl (C=O) groups is 1. The van der Waals surface area contributed by atoms with Crippen LogP contribution in [-0.2, 0) is 0 Å². The molecule has 3 rings (SSSR count). The third-order valence-corrected chi connectivity index (χ3v) is 4.77. The van der Waals surface area contributed by atoms with Crippen molar-refractivity contribution in [2.75, 3.05) is 0 Å². The molecule has 0 saturated carbocycles. The Balaban J connectivity index is 1.73. The van der Waals surface area contributed by atoms with Crippen LogP contribution < -0.4 is 5.43 Å². The minimum atomic E-state index is -0.308. The Hall–Kier alpha value is -2.31. The van der Waals surface area contributed by atoms with Crippen molar-refractivity contribution in [3.63, 3.8) is 0 Å². The summed E-state index contributed by atoms with van der Waals surface area (Å²) in [5, 5.41) is 4.83. The van der Waals surface area contributed by atoms with Crippen LogP contribution in [0.15, 0.2) is 64.2 Å². The highest BCUT2D eigenvalue weighted by Gasteiger charge is 2.15. The standard InChI is InChI=1S/C18H14BrN3OS/c1-12-16(21-18(24-12)14-7-3-2-4-8-14)17(23)22-20-11-13-6-5-9-15(19)10-13/h2-11H,1H3,(H,22,23)/b20-11-. The summed E-state index contributed by atoms with van der Waals surface area (Å²) in [7, 11) is 0. The molecular formula is C18H14BrN3OS. The van der Waals surface area contributed by atoms with Gasteiger partial charge in [-0.25, -0.2) is 10.4 Å². The van der Waals surface area contributed by atoms with Crippen LogP contribution in [0.4, 0.5) is 0 Å². The molecule has 3 aromatic rings. The van der Waals surface area contributed by atoms with E-state index < -0.39 is 0 Å². The van der Waals surface area contributed by atoms with E-state index in [0.717, 1.165) is 25.5 Å². The third-order valence-electron chi connectivity index (χ3n) is 3.26. The number of thiazole rings is 1. The lowest BCUT2D eigenvalue weighted by Gasteiger charge is -1.98. The minimum absolute atomic E-state index is 0.308. The first-order chi connectivity index (χ1) is 11.6. The first-order valence-electron chi connectivity index (χ1n) is 7.25. The maximum atomic E-state index is 12.3. The van der Waals surface area contributed by atoms with Gasteiger partial charge in [-0.05, 0) is 24.6 Å². The van der Waals surface area contributed by atoms with E-state index in [4.69, 9.17) is 0 Å². The molecule has 1 heterocycles. The van der Waals surface area contributed by atoms with E-state index in [1.807, 2.05) is 61.5 Å². The van der Waals surface area contributed by atoms with E-state index >= 15 is 0 Å². The number of aryl methyl sites for hydroxylation is 1. The van der Waals surface area contributed by atoms with Gasteiger partial charge in [0.2, 0.25) is 0 Å². The molecule has 120 valence electrons. The Morgan fingerprint density at radius 2 is 2.00 bits per heavy atom. The molecule has 2 aromatic carbocycles. The SMILES string of the molecule is Cc1sc(-c2ccccc2)nc1C(=O)N/N=C\c1cccc(Br)c1. The monoisotopic (exact) mass is 399 g/mol. The van der Waals surface area contributed by atoms with Gasteiger partial charge in [-0.1, -0.05) is 58.4 Å². The van der Waals surface area contributed by atoms with Crippen LogP contribution in [0.25, 0.3) is 10.6 Å². The molecule has 0 aliphatic carbocycles. The highest BCUT2D eigenvalue weighted by molar-refractivity contribution is 9.10. The number of hydrogen-bond acceptors (Lipinski definition) is 4. The molecule has 0 radical (unpaired) electrons. The molecule has 6 heteroatoms. The Kier molecular flexibility index (Phi) is 5.17. The molecule has 0 bridgehead atoms. The topological polar surface area (TPSA) is 54.4 Å². The van der Waals surface area contributed by atoms with Gasteiger partial charge in [0.25, 0.3) is 5.91 Å². The highest BCUT2D eigenvalue weighted by Crippen LogP contribution is 2.27. The average molecular weight is 400 g/mol. The van der Waals surface area contributed by atoms with Crippen LogP contribution in [0.1, 0.15) is 20.9 Å². The van der Waals surface area contributed by atoms with Gasteiger partial charge in [0.05, 0.1) is 6.21 Å². The van der Waals surface area contributed by atoms with E-state index in [1.54, 1.807) is 6.21 Å². The van der Waals surface area contributed by atoms with Gasteiger partial charge in [-0.3, -0.25) is 4.79 Å². The number of hydrogen-bond donors (Lipinski definition) is 1. The second kappa shape index (κ2) is 7.51. The quantitative estimate of drug-likeness (QED) is 0.512. The van der Waals surface area contributed by atoms with Crippen molar-refractivity contribution in [3.05, 3.63) is 75.2 Å². The number of aromatic nitrogens is 1. The second-order valence-electron chi connectivity index (χ2n) is 5.04. The van der Waals surface area contributed by atoms with Crippen molar-refractivity contribution in [1.29, 1.82) is 0 Å². The van der Waals surface area contributed by atoms with E-state index in [9.17, 15) is 4.79 Å². The van der Waals surface area contributed by atoms with Gasteiger partial charge in [0.1, 0.15) is 10.7 Å². The molecule has 4 nitrogen and oxygen atoms in total. The van der Waals surface area contributed by atoms with Gasteiger partial charge in [0.15, 0.2) is 0 Å². The van der Waals surface area contributed by atoms with E-state index in [1.165, 1.54) is 11.3 Å².